The Hall–Kier alpha value is -1.62. The molecule has 5 nitrogen and oxygen atoms in total. The molecule has 1 aromatic rings. The molecular weight excluding hydrogens is 256 g/mol. The molecule has 2 atom stereocenters. The number of anilines is 1. The van der Waals surface area contributed by atoms with Crippen molar-refractivity contribution in [3.05, 3.63) is 33.9 Å². The van der Waals surface area contributed by atoms with E-state index in [1.165, 1.54) is 25.0 Å². The number of benzene rings is 1. The lowest BCUT2D eigenvalue weighted by Gasteiger charge is -2.36. The number of hydrogen-bond acceptors (Lipinski definition) is 4. The Morgan fingerprint density at radius 3 is 2.80 bits per heavy atom. The summed E-state index contributed by atoms with van der Waals surface area (Å²) < 4.78 is 0. The minimum atomic E-state index is -0.425. The molecule has 5 heteroatoms. The zero-order valence-electron chi connectivity index (χ0n) is 12.1. The maximum absolute atomic E-state index is 10.8. The largest absolute Gasteiger partial charge is 0.392 e. The molecule has 0 heterocycles. The van der Waals surface area contributed by atoms with Gasteiger partial charge in [-0.3, -0.25) is 10.1 Å². The second-order valence-electron chi connectivity index (χ2n) is 5.76. The van der Waals surface area contributed by atoms with Crippen molar-refractivity contribution in [2.24, 2.45) is 5.92 Å². The minimum absolute atomic E-state index is 0.0308. The predicted octanol–water partition coefficient (Wildman–Crippen LogP) is 3.10. The highest BCUT2D eigenvalue weighted by molar-refractivity contribution is 5.58. The van der Waals surface area contributed by atoms with Crippen LogP contribution >= 0.6 is 0 Å². The van der Waals surface area contributed by atoms with Crippen LogP contribution in [0, 0.1) is 16.0 Å². The van der Waals surface area contributed by atoms with Gasteiger partial charge in [0.2, 0.25) is 0 Å². The third-order valence-electron chi connectivity index (χ3n) is 4.28. The molecule has 0 bridgehead atoms. The lowest BCUT2D eigenvalue weighted by molar-refractivity contribution is -0.384. The van der Waals surface area contributed by atoms with Crippen molar-refractivity contribution in [2.75, 3.05) is 11.9 Å². The molecule has 0 spiro atoms. The van der Waals surface area contributed by atoms with Crippen LogP contribution in [-0.4, -0.2) is 23.1 Å². The monoisotopic (exact) mass is 278 g/mol. The fraction of sp³-hybridized carbons (Fsp3) is 0.600. The molecule has 1 aliphatic rings. The van der Waals surface area contributed by atoms with Gasteiger partial charge in [0, 0.05) is 36.5 Å². The van der Waals surface area contributed by atoms with Crippen LogP contribution in [0.1, 0.15) is 38.2 Å². The van der Waals surface area contributed by atoms with Crippen LogP contribution in [0.3, 0.4) is 0 Å². The van der Waals surface area contributed by atoms with Gasteiger partial charge in [-0.25, -0.2) is 0 Å². The Bertz CT molecular complexity index is 490. The van der Waals surface area contributed by atoms with E-state index in [-0.39, 0.29) is 12.3 Å². The number of hydrogen-bond donors (Lipinski definition) is 1. The lowest BCUT2D eigenvalue weighted by atomic mass is 9.86. The van der Waals surface area contributed by atoms with Crippen molar-refractivity contribution in [3.63, 3.8) is 0 Å². The van der Waals surface area contributed by atoms with Crippen LogP contribution in [0.4, 0.5) is 11.4 Å². The summed E-state index contributed by atoms with van der Waals surface area (Å²) in [6, 6.07) is 5.18. The smallest absolute Gasteiger partial charge is 0.269 e. The summed E-state index contributed by atoms with van der Waals surface area (Å²) in [5, 5.41) is 20.3. The van der Waals surface area contributed by atoms with Gasteiger partial charge < -0.3 is 10.0 Å². The molecule has 1 aliphatic carbocycles. The number of nitro groups is 1. The Kier molecular flexibility index (Phi) is 4.60. The number of aliphatic hydroxyl groups excluding tert-OH is 1. The topological polar surface area (TPSA) is 66.6 Å². The molecule has 20 heavy (non-hydrogen) atoms. The molecule has 1 N–H and O–H groups in total. The van der Waals surface area contributed by atoms with Crippen molar-refractivity contribution < 1.29 is 10.0 Å². The summed E-state index contributed by atoms with van der Waals surface area (Å²) in [5.74, 6) is 0.715. The lowest BCUT2D eigenvalue weighted by Crippen LogP contribution is -2.36. The molecular formula is C15H22N2O3. The number of rotatable bonds is 4. The van der Waals surface area contributed by atoms with E-state index in [9.17, 15) is 15.2 Å². The first kappa shape index (κ1) is 14.8. The van der Waals surface area contributed by atoms with Crippen LogP contribution in [-0.2, 0) is 6.61 Å². The molecule has 0 saturated heterocycles. The number of non-ortho nitro benzene ring substituents is 1. The van der Waals surface area contributed by atoms with E-state index in [0.717, 1.165) is 18.5 Å². The van der Waals surface area contributed by atoms with Crippen molar-refractivity contribution in [2.45, 2.75) is 45.3 Å². The second kappa shape index (κ2) is 6.22. The summed E-state index contributed by atoms with van der Waals surface area (Å²) in [5.41, 5.74) is 1.56. The highest BCUT2D eigenvalue weighted by atomic mass is 16.6. The molecule has 2 unspecified atom stereocenters. The average molecular weight is 278 g/mol. The third-order valence-corrected chi connectivity index (χ3v) is 4.28. The van der Waals surface area contributed by atoms with E-state index < -0.39 is 4.92 Å². The second-order valence-corrected chi connectivity index (χ2v) is 5.76. The van der Waals surface area contributed by atoms with Gasteiger partial charge in [0.15, 0.2) is 0 Å². The van der Waals surface area contributed by atoms with Gasteiger partial charge in [-0.1, -0.05) is 19.8 Å². The summed E-state index contributed by atoms with van der Waals surface area (Å²) in [7, 11) is 2.02. The van der Waals surface area contributed by atoms with E-state index in [2.05, 4.69) is 11.8 Å². The van der Waals surface area contributed by atoms with Crippen LogP contribution in [0.2, 0.25) is 0 Å². The molecule has 2 rings (SSSR count). The summed E-state index contributed by atoms with van der Waals surface area (Å²) in [6.45, 7) is 2.09. The van der Waals surface area contributed by atoms with Crippen molar-refractivity contribution in [1.82, 2.24) is 0 Å². The fourth-order valence-electron chi connectivity index (χ4n) is 3.11. The van der Waals surface area contributed by atoms with Gasteiger partial charge in [0.25, 0.3) is 5.69 Å². The van der Waals surface area contributed by atoms with Crippen LogP contribution in [0.15, 0.2) is 18.2 Å². The zero-order valence-corrected chi connectivity index (χ0v) is 12.1. The standard InChI is InChI=1S/C15H22N2O3/c1-11-4-3-5-13(8-11)16(2)15-7-6-14(17(19)20)9-12(15)10-18/h6-7,9,11,13,18H,3-5,8,10H2,1-2H3. The van der Waals surface area contributed by atoms with E-state index >= 15 is 0 Å². The molecule has 0 aliphatic heterocycles. The van der Waals surface area contributed by atoms with E-state index in [1.807, 2.05) is 7.05 Å². The van der Waals surface area contributed by atoms with Gasteiger partial charge in [-0.05, 0) is 24.8 Å². The predicted molar refractivity (Wildman–Crippen MR) is 78.8 cm³/mol. The number of nitro benzene ring substituents is 1. The van der Waals surface area contributed by atoms with Crippen molar-refractivity contribution in [3.8, 4) is 0 Å². The Labute approximate surface area is 119 Å². The number of nitrogens with zero attached hydrogens (tertiary/aromatic N) is 2. The zero-order chi connectivity index (χ0) is 14.7. The van der Waals surface area contributed by atoms with E-state index in [0.29, 0.717) is 17.5 Å². The number of aliphatic hydroxyl groups is 1. The first-order valence-corrected chi connectivity index (χ1v) is 7.14. The Morgan fingerprint density at radius 1 is 1.45 bits per heavy atom. The molecule has 110 valence electrons. The van der Waals surface area contributed by atoms with Gasteiger partial charge >= 0.3 is 0 Å². The fourth-order valence-corrected chi connectivity index (χ4v) is 3.11. The Balaban J connectivity index is 2.24. The first-order valence-electron chi connectivity index (χ1n) is 7.14. The molecule has 1 aromatic carbocycles. The summed E-state index contributed by atoms with van der Waals surface area (Å²) >= 11 is 0. The highest BCUT2D eigenvalue weighted by Crippen LogP contribution is 2.32. The van der Waals surface area contributed by atoms with Gasteiger partial charge in [-0.15, -0.1) is 0 Å². The summed E-state index contributed by atoms with van der Waals surface area (Å²) in [6.07, 6.45) is 4.77. The molecule has 0 amide bonds. The van der Waals surface area contributed by atoms with Gasteiger partial charge in [-0.2, -0.15) is 0 Å². The highest BCUT2D eigenvalue weighted by Gasteiger charge is 2.24. The average Bonchev–Trinajstić information content (AvgIpc) is 2.45. The van der Waals surface area contributed by atoms with Crippen LogP contribution in [0.25, 0.3) is 0 Å². The Morgan fingerprint density at radius 2 is 2.20 bits per heavy atom. The molecule has 0 aromatic heterocycles. The molecule has 0 radical (unpaired) electrons. The van der Waals surface area contributed by atoms with Crippen molar-refractivity contribution in [1.29, 1.82) is 0 Å². The van der Waals surface area contributed by atoms with Crippen LogP contribution < -0.4 is 4.90 Å². The SMILES string of the molecule is CC1CCCC(N(C)c2ccc([N+](=O)[O-])cc2CO)C1. The molecule has 1 fully saturated rings. The molecule has 1 saturated carbocycles. The summed E-state index contributed by atoms with van der Waals surface area (Å²) in [4.78, 5) is 12.6. The van der Waals surface area contributed by atoms with E-state index in [4.69, 9.17) is 0 Å². The van der Waals surface area contributed by atoms with Gasteiger partial charge in [0.1, 0.15) is 0 Å². The van der Waals surface area contributed by atoms with Crippen LogP contribution in [0.5, 0.6) is 0 Å². The third kappa shape index (κ3) is 3.10. The quantitative estimate of drug-likeness (QED) is 0.679. The maximum atomic E-state index is 10.8. The first-order chi connectivity index (χ1) is 9.52. The maximum Gasteiger partial charge on any atom is 0.269 e. The normalized spacial score (nSPS) is 22.6. The van der Waals surface area contributed by atoms with E-state index in [1.54, 1.807) is 6.07 Å². The minimum Gasteiger partial charge on any atom is -0.392 e. The van der Waals surface area contributed by atoms with Gasteiger partial charge in [0.05, 0.1) is 11.5 Å². The van der Waals surface area contributed by atoms with Crippen molar-refractivity contribution >= 4 is 11.4 Å².